The first-order valence-electron chi connectivity index (χ1n) is 5.75. The molecule has 4 heteroatoms. The maximum absolute atomic E-state index is 11.9. The van der Waals surface area contributed by atoms with Gasteiger partial charge in [0.05, 0.1) is 10.6 Å². The minimum Gasteiger partial charge on any atom is -0.399 e. The molecule has 0 radical (unpaired) electrons. The lowest BCUT2D eigenvalue weighted by Crippen LogP contribution is -2.30. The molecule has 0 spiro atoms. The van der Waals surface area contributed by atoms with Gasteiger partial charge in [-0.3, -0.25) is 4.79 Å². The third kappa shape index (κ3) is 3.93. The van der Waals surface area contributed by atoms with Crippen LogP contribution in [0.4, 0.5) is 5.69 Å². The number of rotatable bonds is 4. The molecule has 3 nitrogen and oxygen atoms in total. The summed E-state index contributed by atoms with van der Waals surface area (Å²) in [5.41, 5.74) is 6.60. The number of hydrogen-bond donors (Lipinski definition) is 2. The maximum atomic E-state index is 11.9. The van der Waals surface area contributed by atoms with E-state index in [1.807, 2.05) is 0 Å². The fraction of sp³-hybridized carbons (Fsp3) is 0.462. The number of hydrogen-bond acceptors (Lipinski definition) is 2. The molecule has 0 aliphatic heterocycles. The van der Waals surface area contributed by atoms with Crippen molar-refractivity contribution >= 4 is 23.2 Å². The summed E-state index contributed by atoms with van der Waals surface area (Å²) in [6.07, 6.45) is 0. The van der Waals surface area contributed by atoms with Crippen molar-refractivity contribution in [2.45, 2.75) is 20.8 Å². The second-order valence-electron chi connectivity index (χ2n) is 4.67. The Morgan fingerprint density at radius 3 is 2.65 bits per heavy atom. The highest BCUT2D eigenvalue weighted by molar-refractivity contribution is 6.34. The van der Waals surface area contributed by atoms with Crippen LogP contribution in [0.2, 0.25) is 5.02 Å². The summed E-state index contributed by atoms with van der Waals surface area (Å²) >= 11 is 5.95. The van der Waals surface area contributed by atoms with Crippen molar-refractivity contribution in [3.05, 3.63) is 28.8 Å². The van der Waals surface area contributed by atoms with Crippen LogP contribution < -0.4 is 11.1 Å². The van der Waals surface area contributed by atoms with E-state index < -0.39 is 0 Å². The average Bonchev–Trinajstić information content (AvgIpc) is 2.28. The predicted molar refractivity (Wildman–Crippen MR) is 72.2 cm³/mol. The standard InChI is InChI=1S/C13H19ClN2O/c1-8(2)9(3)7-16-13(17)11-6-10(15)4-5-12(11)14/h4-6,8-9H,7,15H2,1-3H3,(H,16,17). The Hall–Kier alpha value is -1.22. The Kier molecular flexibility index (Phi) is 4.82. The molecule has 1 atom stereocenters. The average molecular weight is 255 g/mol. The van der Waals surface area contributed by atoms with Crippen LogP contribution in [0.5, 0.6) is 0 Å². The summed E-state index contributed by atoms with van der Waals surface area (Å²) in [5.74, 6) is 0.792. The third-order valence-electron chi connectivity index (χ3n) is 2.96. The van der Waals surface area contributed by atoms with Gasteiger partial charge in [0.15, 0.2) is 0 Å². The third-order valence-corrected chi connectivity index (χ3v) is 3.29. The van der Waals surface area contributed by atoms with Gasteiger partial charge in [-0.05, 0) is 30.0 Å². The van der Waals surface area contributed by atoms with E-state index in [4.69, 9.17) is 17.3 Å². The molecule has 1 aromatic carbocycles. The molecular formula is C13H19ClN2O. The zero-order valence-electron chi connectivity index (χ0n) is 10.5. The zero-order chi connectivity index (χ0) is 13.0. The number of carbonyl (C=O) groups is 1. The molecule has 0 fully saturated rings. The second-order valence-corrected chi connectivity index (χ2v) is 5.08. The molecule has 94 valence electrons. The van der Waals surface area contributed by atoms with Crippen LogP contribution in [-0.4, -0.2) is 12.5 Å². The van der Waals surface area contributed by atoms with Crippen molar-refractivity contribution in [2.24, 2.45) is 11.8 Å². The quantitative estimate of drug-likeness (QED) is 0.812. The lowest BCUT2D eigenvalue weighted by atomic mass is 9.98. The van der Waals surface area contributed by atoms with Crippen molar-refractivity contribution in [1.29, 1.82) is 0 Å². The molecule has 0 aliphatic rings. The van der Waals surface area contributed by atoms with Gasteiger partial charge in [0, 0.05) is 12.2 Å². The summed E-state index contributed by atoms with van der Waals surface area (Å²) in [6.45, 7) is 7.00. The molecule has 1 rings (SSSR count). The molecule has 0 saturated heterocycles. The van der Waals surface area contributed by atoms with Crippen molar-refractivity contribution in [1.82, 2.24) is 5.32 Å². The summed E-state index contributed by atoms with van der Waals surface area (Å²) in [5, 5.41) is 3.29. The number of carbonyl (C=O) groups excluding carboxylic acids is 1. The van der Waals surface area contributed by atoms with Crippen LogP contribution in [-0.2, 0) is 0 Å². The van der Waals surface area contributed by atoms with Crippen LogP contribution in [0.3, 0.4) is 0 Å². The molecule has 17 heavy (non-hydrogen) atoms. The first-order valence-corrected chi connectivity index (χ1v) is 6.12. The number of nitrogens with one attached hydrogen (secondary N) is 1. The van der Waals surface area contributed by atoms with E-state index in [2.05, 4.69) is 26.1 Å². The molecule has 0 bridgehead atoms. The van der Waals surface area contributed by atoms with E-state index in [1.165, 1.54) is 0 Å². The van der Waals surface area contributed by atoms with Gasteiger partial charge in [-0.15, -0.1) is 0 Å². The van der Waals surface area contributed by atoms with E-state index in [0.29, 0.717) is 34.7 Å². The lowest BCUT2D eigenvalue weighted by molar-refractivity contribution is 0.0945. The number of anilines is 1. The molecular weight excluding hydrogens is 236 g/mol. The molecule has 1 aromatic rings. The molecule has 3 N–H and O–H groups in total. The van der Waals surface area contributed by atoms with Gasteiger partial charge in [-0.2, -0.15) is 0 Å². The van der Waals surface area contributed by atoms with Crippen molar-refractivity contribution in [3.8, 4) is 0 Å². The molecule has 1 unspecified atom stereocenters. The van der Waals surface area contributed by atoms with E-state index >= 15 is 0 Å². The monoisotopic (exact) mass is 254 g/mol. The Labute approximate surface area is 107 Å². The smallest absolute Gasteiger partial charge is 0.252 e. The number of nitrogens with two attached hydrogens (primary N) is 1. The van der Waals surface area contributed by atoms with Gasteiger partial charge in [0.2, 0.25) is 0 Å². The summed E-state index contributed by atoms with van der Waals surface area (Å²) < 4.78 is 0. The molecule has 0 saturated carbocycles. The van der Waals surface area contributed by atoms with Crippen molar-refractivity contribution in [2.75, 3.05) is 12.3 Å². The van der Waals surface area contributed by atoms with Crippen LogP contribution in [0, 0.1) is 11.8 Å². The Balaban J connectivity index is 2.67. The first kappa shape index (κ1) is 13.8. The van der Waals surface area contributed by atoms with E-state index in [1.54, 1.807) is 18.2 Å². The minimum atomic E-state index is -0.171. The Bertz CT molecular complexity index is 404. The minimum absolute atomic E-state index is 0.171. The fourth-order valence-electron chi connectivity index (χ4n) is 1.30. The highest BCUT2D eigenvalue weighted by Gasteiger charge is 2.13. The van der Waals surface area contributed by atoms with E-state index in [0.717, 1.165) is 0 Å². The second kappa shape index (κ2) is 5.92. The number of halogens is 1. The van der Waals surface area contributed by atoms with Crippen LogP contribution in [0.25, 0.3) is 0 Å². The topological polar surface area (TPSA) is 55.1 Å². The van der Waals surface area contributed by atoms with Crippen LogP contribution in [0.1, 0.15) is 31.1 Å². The number of nitrogen functional groups attached to an aromatic ring is 1. The van der Waals surface area contributed by atoms with Gasteiger partial charge >= 0.3 is 0 Å². The lowest BCUT2D eigenvalue weighted by Gasteiger charge is -2.16. The summed E-state index contributed by atoms with van der Waals surface area (Å²) in [6, 6.07) is 4.91. The number of amides is 1. The highest BCUT2D eigenvalue weighted by atomic mass is 35.5. The van der Waals surface area contributed by atoms with Gasteiger partial charge in [0.1, 0.15) is 0 Å². The van der Waals surface area contributed by atoms with Crippen LogP contribution >= 0.6 is 11.6 Å². The Morgan fingerprint density at radius 1 is 1.41 bits per heavy atom. The normalized spacial score (nSPS) is 12.5. The zero-order valence-corrected chi connectivity index (χ0v) is 11.2. The number of benzene rings is 1. The van der Waals surface area contributed by atoms with Gasteiger partial charge < -0.3 is 11.1 Å². The van der Waals surface area contributed by atoms with E-state index in [9.17, 15) is 4.79 Å². The SMILES string of the molecule is CC(C)C(C)CNC(=O)c1cc(N)ccc1Cl. The van der Waals surface area contributed by atoms with Gasteiger partial charge in [0.25, 0.3) is 5.91 Å². The summed E-state index contributed by atoms with van der Waals surface area (Å²) in [7, 11) is 0. The van der Waals surface area contributed by atoms with Crippen LogP contribution in [0.15, 0.2) is 18.2 Å². The molecule has 0 aliphatic carbocycles. The Morgan fingerprint density at radius 2 is 2.06 bits per heavy atom. The molecule has 0 aromatic heterocycles. The fourth-order valence-corrected chi connectivity index (χ4v) is 1.50. The van der Waals surface area contributed by atoms with Crippen molar-refractivity contribution < 1.29 is 4.79 Å². The molecule has 1 amide bonds. The van der Waals surface area contributed by atoms with Crippen molar-refractivity contribution in [3.63, 3.8) is 0 Å². The van der Waals surface area contributed by atoms with Gasteiger partial charge in [-0.25, -0.2) is 0 Å². The first-order chi connectivity index (χ1) is 7.91. The largest absolute Gasteiger partial charge is 0.399 e. The van der Waals surface area contributed by atoms with E-state index in [-0.39, 0.29) is 5.91 Å². The summed E-state index contributed by atoms with van der Waals surface area (Å²) in [4.78, 5) is 11.9. The predicted octanol–water partition coefficient (Wildman–Crippen LogP) is 2.94. The molecule has 0 heterocycles. The maximum Gasteiger partial charge on any atom is 0.252 e. The van der Waals surface area contributed by atoms with Gasteiger partial charge in [-0.1, -0.05) is 32.4 Å². The highest BCUT2D eigenvalue weighted by Crippen LogP contribution is 2.19.